The van der Waals surface area contributed by atoms with E-state index in [2.05, 4.69) is 43.8 Å². The maximum Gasteiger partial charge on any atom is 0.256 e. The first-order valence-corrected chi connectivity index (χ1v) is 7.69. The van der Waals surface area contributed by atoms with Crippen molar-refractivity contribution < 1.29 is 4.79 Å². The molecule has 0 unspecified atom stereocenters. The zero-order valence-corrected chi connectivity index (χ0v) is 14.4. The van der Waals surface area contributed by atoms with Gasteiger partial charge in [0, 0.05) is 13.7 Å². The lowest BCUT2D eigenvalue weighted by Gasteiger charge is -2.10. The largest absolute Gasteiger partial charge is 0.322 e. The van der Waals surface area contributed by atoms with E-state index in [1.54, 1.807) is 0 Å². The number of carbonyl (C=O) groups is 1. The zero-order valence-electron chi connectivity index (χ0n) is 10.6. The minimum absolute atomic E-state index is 0.0973. The van der Waals surface area contributed by atoms with Crippen LogP contribution in [-0.4, -0.2) is 5.91 Å². The zero-order chi connectivity index (χ0) is 14.0. The number of hydrogen-bond acceptors (Lipinski definition) is 1. The highest BCUT2D eigenvalue weighted by molar-refractivity contribution is 14.1. The van der Waals surface area contributed by atoms with E-state index in [4.69, 9.17) is 0 Å². The second-order valence-corrected chi connectivity index (χ2v) is 6.39. The van der Waals surface area contributed by atoms with Crippen molar-refractivity contribution in [3.8, 4) is 0 Å². The Morgan fingerprint density at radius 3 is 2.58 bits per heavy atom. The van der Waals surface area contributed by atoms with Gasteiger partial charge in [0.2, 0.25) is 0 Å². The fraction of sp³-hybridized carbons (Fsp3) is 0.133. The Labute approximate surface area is 134 Å². The molecule has 0 fully saturated rings. The van der Waals surface area contributed by atoms with Gasteiger partial charge in [-0.1, -0.05) is 12.1 Å². The van der Waals surface area contributed by atoms with Crippen LogP contribution in [0.3, 0.4) is 0 Å². The molecule has 0 aromatic heterocycles. The summed E-state index contributed by atoms with van der Waals surface area (Å²) in [6.45, 7) is 3.96. The Bertz CT molecular complexity index is 640. The van der Waals surface area contributed by atoms with Gasteiger partial charge in [0.25, 0.3) is 5.91 Å². The van der Waals surface area contributed by atoms with Crippen LogP contribution in [0.15, 0.2) is 40.9 Å². The van der Waals surface area contributed by atoms with E-state index in [9.17, 15) is 4.79 Å². The Balaban J connectivity index is 2.28. The smallest absolute Gasteiger partial charge is 0.256 e. The van der Waals surface area contributed by atoms with E-state index >= 15 is 0 Å². The van der Waals surface area contributed by atoms with E-state index in [1.165, 1.54) is 0 Å². The highest BCUT2D eigenvalue weighted by atomic mass is 127. The molecule has 1 amide bonds. The quantitative estimate of drug-likeness (QED) is 0.674. The van der Waals surface area contributed by atoms with E-state index in [-0.39, 0.29) is 5.91 Å². The number of nitrogens with one attached hydrogen (secondary N) is 1. The summed E-state index contributed by atoms with van der Waals surface area (Å²) < 4.78 is 2.00. The number of hydrogen-bond donors (Lipinski definition) is 1. The van der Waals surface area contributed by atoms with Crippen LogP contribution in [0.2, 0.25) is 0 Å². The first kappa shape index (κ1) is 14.5. The molecule has 19 heavy (non-hydrogen) atoms. The third-order valence-electron chi connectivity index (χ3n) is 2.87. The van der Waals surface area contributed by atoms with Gasteiger partial charge >= 0.3 is 0 Å². The summed E-state index contributed by atoms with van der Waals surface area (Å²) in [5, 5.41) is 2.95. The van der Waals surface area contributed by atoms with Gasteiger partial charge in [0.15, 0.2) is 0 Å². The van der Waals surface area contributed by atoms with E-state index in [1.807, 2.05) is 50.2 Å². The average Bonchev–Trinajstić information content (AvgIpc) is 2.36. The van der Waals surface area contributed by atoms with Crippen LogP contribution in [0.25, 0.3) is 0 Å². The highest BCUT2D eigenvalue weighted by Crippen LogP contribution is 2.23. The minimum Gasteiger partial charge on any atom is -0.322 e. The molecule has 2 aromatic rings. The second kappa shape index (κ2) is 6.05. The number of anilines is 1. The molecule has 2 nitrogen and oxygen atoms in total. The number of aryl methyl sites for hydroxylation is 2. The minimum atomic E-state index is -0.0973. The van der Waals surface area contributed by atoms with Crippen molar-refractivity contribution in [2.24, 2.45) is 0 Å². The fourth-order valence-electron chi connectivity index (χ4n) is 1.78. The molecule has 0 saturated heterocycles. The van der Waals surface area contributed by atoms with E-state index < -0.39 is 0 Å². The molecule has 1 N–H and O–H groups in total. The molecule has 98 valence electrons. The molecule has 0 aliphatic carbocycles. The lowest BCUT2D eigenvalue weighted by molar-refractivity contribution is 0.102. The average molecular weight is 430 g/mol. The van der Waals surface area contributed by atoms with Gasteiger partial charge in [0.05, 0.1) is 5.56 Å². The summed E-state index contributed by atoms with van der Waals surface area (Å²) in [4.78, 5) is 12.3. The van der Waals surface area contributed by atoms with Crippen LogP contribution >= 0.6 is 38.5 Å². The van der Waals surface area contributed by atoms with Crippen LogP contribution in [0.5, 0.6) is 0 Å². The molecule has 0 atom stereocenters. The van der Waals surface area contributed by atoms with Crippen LogP contribution < -0.4 is 5.32 Å². The number of carbonyl (C=O) groups excluding carboxylic acids is 1. The molecule has 2 aromatic carbocycles. The van der Waals surface area contributed by atoms with Gasteiger partial charge in [-0.15, -0.1) is 0 Å². The van der Waals surface area contributed by atoms with Crippen LogP contribution in [0.4, 0.5) is 5.69 Å². The first-order chi connectivity index (χ1) is 8.99. The van der Waals surface area contributed by atoms with Gasteiger partial charge in [-0.25, -0.2) is 0 Å². The highest BCUT2D eigenvalue weighted by Gasteiger charge is 2.12. The Morgan fingerprint density at radius 2 is 1.89 bits per heavy atom. The Kier molecular flexibility index (Phi) is 4.62. The molecule has 0 heterocycles. The number of amides is 1. The monoisotopic (exact) mass is 429 g/mol. The van der Waals surface area contributed by atoms with Crippen LogP contribution in [0, 0.1) is 17.4 Å². The van der Waals surface area contributed by atoms with Crippen molar-refractivity contribution >= 4 is 50.1 Å². The molecule has 0 bridgehead atoms. The Morgan fingerprint density at radius 1 is 1.16 bits per heavy atom. The normalized spacial score (nSPS) is 10.3. The molecule has 0 aliphatic heterocycles. The molecule has 0 spiro atoms. The lowest BCUT2D eigenvalue weighted by Crippen LogP contribution is -2.13. The van der Waals surface area contributed by atoms with Crippen LogP contribution in [0.1, 0.15) is 21.5 Å². The molecule has 0 radical (unpaired) electrons. The van der Waals surface area contributed by atoms with Gasteiger partial charge in [-0.2, -0.15) is 0 Å². The molecular weight excluding hydrogens is 417 g/mol. The van der Waals surface area contributed by atoms with Crippen molar-refractivity contribution in [2.45, 2.75) is 13.8 Å². The first-order valence-electron chi connectivity index (χ1n) is 5.81. The molecule has 0 aliphatic rings. The van der Waals surface area contributed by atoms with Crippen molar-refractivity contribution in [1.82, 2.24) is 0 Å². The summed E-state index contributed by atoms with van der Waals surface area (Å²) >= 11 is 5.72. The summed E-state index contributed by atoms with van der Waals surface area (Å²) in [5.41, 5.74) is 3.60. The van der Waals surface area contributed by atoms with Gasteiger partial charge in [-0.3, -0.25) is 4.79 Å². The van der Waals surface area contributed by atoms with E-state index in [0.29, 0.717) is 5.56 Å². The molecular formula is C15H13BrINO. The van der Waals surface area contributed by atoms with Crippen LogP contribution in [-0.2, 0) is 0 Å². The van der Waals surface area contributed by atoms with Crippen molar-refractivity contribution in [2.75, 3.05) is 5.32 Å². The molecule has 0 saturated carbocycles. The fourth-order valence-corrected chi connectivity index (χ4v) is 2.87. The molecule has 2 rings (SSSR count). The van der Waals surface area contributed by atoms with Crippen molar-refractivity contribution in [3.05, 3.63) is 61.1 Å². The summed E-state index contributed by atoms with van der Waals surface area (Å²) in [6, 6.07) is 11.6. The predicted molar refractivity (Wildman–Crippen MR) is 90.7 cm³/mol. The molecule has 4 heteroatoms. The topological polar surface area (TPSA) is 29.1 Å². The third-order valence-corrected chi connectivity index (χ3v) is 4.60. The maximum atomic E-state index is 12.3. The summed E-state index contributed by atoms with van der Waals surface area (Å²) in [6.07, 6.45) is 0. The van der Waals surface area contributed by atoms with Gasteiger partial charge < -0.3 is 5.32 Å². The van der Waals surface area contributed by atoms with E-state index in [0.717, 1.165) is 24.9 Å². The van der Waals surface area contributed by atoms with Gasteiger partial charge in [-0.05, 0) is 87.8 Å². The number of rotatable bonds is 2. The lowest BCUT2D eigenvalue weighted by atomic mass is 10.1. The SMILES string of the molecule is Cc1cc(I)ccc1NC(=O)c1cccc(C)c1Br. The number of halogens is 2. The standard InChI is InChI=1S/C15H13BrINO/c1-9-4-3-5-12(14(9)16)15(19)18-13-7-6-11(17)8-10(13)2/h3-8H,1-2H3,(H,18,19). The summed E-state index contributed by atoms with van der Waals surface area (Å²) in [7, 11) is 0. The van der Waals surface area contributed by atoms with Crippen molar-refractivity contribution in [3.63, 3.8) is 0 Å². The maximum absolute atomic E-state index is 12.3. The third kappa shape index (κ3) is 3.36. The number of benzene rings is 2. The van der Waals surface area contributed by atoms with Crippen molar-refractivity contribution in [1.29, 1.82) is 0 Å². The predicted octanol–water partition coefficient (Wildman–Crippen LogP) is 4.92. The van der Waals surface area contributed by atoms with Gasteiger partial charge in [0.1, 0.15) is 0 Å². The summed E-state index contributed by atoms with van der Waals surface area (Å²) in [5.74, 6) is -0.0973. The second-order valence-electron chi connectivity index (χ2n) is 4.35. The Hall–Kier alpha value is -0.880.